The molecule has 2 heterocycles. The fourth-order valence-corrected chi connectivity index (χ4v) is 1.67. The molecule has 0 saturated heterocycles. The number of aromatic amines is 1. The maximum atomic E-state index is 11.6. The van der Waals surface area contributed by atoms with E-state index in [4.69, 9.17) is 4.74 Å². The number of aromatic nitrogens is 2. The quantitative estimate of drug-likeness (QED) is 0.812. The first-order chi connectivity index (χ1) is 8.79. The summed E-state index contributed by atoms with van der Waals surface area (Å²) >= 11 is 0. The third kappa shape index (κ3) is 3.24. The van der Waals surface area contributed by atoms with Gasteiger partial charge < -0.3 is 19.6 Å². The van der Waals surface area contributed by atoms with Crippen LogP contribution in [0.1, 0.15) is 5.56 Å². The van der Waals surface area contributed by atoms with Gasteiger partial charge in [-0.25, -0.2) is 0 Å². The molecule has 0 bridgehead atoms. The van der Waals surface area contributed by atoms with Gasteiger partial charge in [0.1, 0.15) is 0 Å². The van der Waals surface area contributed by atoms with Gasteiger partial charge in [-0.15, -0.1) is 0 Å². The first-order valence-corrected chi connectivity index (χ1v) is 5.84. The summed E-state index contributed by atoms with van der Waals surface area (Å²) in [4.78, 5) is 14.6. The van der Waals surface area contributed by atoms with Gasteiger partial charge in [0, 0.05) is 44.9 Å². The Morgan fingerprint density at radius 2 is 2.28 bits per heavy atom. The Kier molecular flexibility index (Phi) is 4.20. The molecule has 0 atom stereocenters. The second kappa shape index (κ2) is 6.07. The highest BCUT2D eigenvalue weighted by Crippen LogP contribution is 2.06. The van der Waals surface area contributed by atoms with Gasteiger partial charge in [0.25, 0.3) is 5.56 Å². The van der Waals surface area contributed by atoms with Crippen LogP contribution >= 0.6 is 0 Å². The van der Waals surface area contributed by atoms with Crippen LogP contribution in [0, 0.1) is 0 Å². The molecule has 0 radical (unpaired) electrons. The Balaban J connectivity index is 2.02. The smallest absolute Gasteiger partial charge is 0.250 e. The van der Waals surface area contributed by atoms with Crippen molar-refractivity contribution >= 4 is 5.69 Å². The van der Waals surface area contributed by atoms with Crippen LogP contribution in [0.15, 0.2) is 41.6 Å². The molecule has 0 aliphatic heterocycles. The van der Waals surface area contributed by atoms with E-state index in [1.807, 2.05) is 24.7 Å². The fraction of sp³-hybridized carbons (Fsp3) is 0.308. The van der Waals surface area contributed by atoms with Crippen LogP contribution in [0.4, 0.5) is 5.69 Å². The molecule has 0 aromatic carbocycles. The highest BCUT2D eigenvalue weighted by molar-refractivity contribution is 5.40. The first kappa shape index (κ1) is 12.4. The summed E-state index contributed by atoms with van der Waals surface area (Å²) in [5, 5.41) is 3.27. The monoisotopic (exact) mass is 247 g/mol. The summed E-state index contributed by atoms with van der Waals surface area (Å²) in [6.07, 6.45) is 5.64. The molecule has 2 aromatic heterocycles. The van der Waals surface area contributed by atoms with Crippen molar-refractivity contribution < 1.29 is 4.74 Å². The van der Waals surface area contributed by atoms with Crippen LogP contribution in [0.2, 0.25) is 0 Å². The highest BCUT2D eigenvalue weighted by atomic mass is 16.5. The average Bonchev–Trinajstić information content (AvgIpc) is 2.89. The summed E-state index contributed by atoms with van der Waals surface area (Å²) in [6, 6.07) is 5.36. The summed E-state index contributed by atoms with van der Waals surface area (Å²) in [6.45, 7) is 1.82. The van der Waals surface area contributed by atoms with Crippen LogP contribution in [-0.4, -0.2) is 23.3 Å². The Bertz CT molecular complexity index is 531. The molecule has 2 rings (SSSR count). The molecule has 5 nitrogen and oxygen atoms in total. The molecule has 0 aliphatic carbocycles. The predicted molar refractivity (Wildman–Crippen MR) is 70.7 cm³/mol. The summed E-state index contributed by atoms with van der Waals surface area (Å²) < 4.78 is 6.62. The summed E-state index contributed by atoms with van der Waals surface area (Å²) in [7, 11) is 1.62. The van der Waals surface area contributed by atoms with Crippen LogP contribution in [0.5, 0.6) is 0 Å². The van der Waals surface area contributed by atoms with Crippen molar-refractivity contribution in [2.45, 2.75) is 13.1 Å². The molecule has 2 aromatic rings. The summed E-state index contributed by atoms with van der Waals surface area (Å²) in [5.74, 6) is 0. The lowest BCUT2D eigenvalue weighted by Crippen LogP contribution is -2.21. The largest absolute Gasteiger partial charge is 0.383 e. The average molecular weight is 247 g/mol. The van der Waals surface area contributed by atoms with Gasteiger partial charge in [0.05, 0.1) is 12.3 Å². The minimum Gasteiger partial charge on any atom is -0.383 e. The minimum absolute atomic E-state index is 0.0146. The first-order valence-electron chi connectivity index (χ1n) is 5.84. The van der Waals surface area contributed by atoms with E-state index in [1.54, 1.807) is 23.8 Å². The van der Waals surface area contributed by atoms with Crippen LogP contribution in [0.25, 0.3) is 0 Å². The Labute approximate surface area is 105 Å². The topological polar surface area (TPSA) is 59.0 Å². The molecular formula is C13H17N3O2. The molecule has 0 fully saturated rings. The van der Waals surface area contributed by atoms with Crippen molar-refractivity contribution in [3.8, 4) is 0 Å². The van der Waals surface area contributed by atoms with Crippen molar-refractivity contribution in [1.29, 1.82) is 0 Å². The van der Waals surface area contributed by atoms with Crippen LogP contribution in [0.3, 0.4) is 0 Å². The molecule has 0 spiro atoms. The molecule has 0 aliphatic rings. The number of hydrogen-bond acceptors (Lipinski definition) is 3. The lowest BCUT2D eigenvalue weighted by Gasteiger charge is -2.09. The number of hydrogen-bond donors (Lipinski definition) is 2. The number of ether oxygens (including phenoxy) is 1. The maximum absolute atomic E-state index is 11.6. The number of pyridine rings is 1. The van der Waals surface area contributed by atoms with Crippen molar-refractivity contribution in [2.75, 3.05) is 19.0 Å². The minimum atomic E-state index is -0.0146. The van der Waals surface area contributed by atoms with Crippen molar-refractivity contribution in [1.82, 2.24) is 9.55 Å². The Hall–Kier alpha value is -2.01. The van der Waals surface area contributed by atoms with E-state index < -0.39 is 0 Å². The second-order valence-electron chi connectivity index (χ2n) is 4.02. The van der Waals surface area contributed by atoms with Crippen molar-refractivity contribution in [2.24, 2.45) is 0 Å². The number of methoxy groups -OCH3 is 1. The standard InChI is InChI=1S/C13H17N3O2/c1-18-7-6-16-10-12(2-3-13(16)17)15-9-11-4-5-14-8-11/h2-5,8,10,14-15H,6-7,9H2,1H3. The number of rotatable bonds is 6. The molecule has 5 heteroatoms. The number of H-pyrrole nitrogens is 1. The van der Waals surface area contributed by atoms with E-state index in [-0.39, 0.29) is 5.56 Å². The Morgan fingerprint density at radius 1 is 1.39 bits per heavy atom. The van der Waals surface area contributed by atoms with Crippen LogP contribution in [-0.2, 0) is 17.8 Å². The number of anilines is 1. The fourth-order valence-electron chi connectivity index (χ4n) is 1.67. The van der Waals surface area contributed by atoms with Crippen LogP contribution < -0.4 is 10.9 Å². The van der Waals surface area contributed by atoms with Gasteiger partial charge >= 0.3 is 0 Å². The zero-order valence-electron chi connectivity index (χ0n) is 10.3. The van der Waals surface area contributed by atoms with Gasteiger partial charge in [-0.05, 0) is 17.7 Å². The number of nitrogens with zero attached hydrogens (tertiary/aromatic N) is 1. The predicted octanol–water partition coefficient (Wildman–Crippen LogP) is 1.43. The lowest BCUT2D eigenvalue weighted by molar-refractivity contribution is 0.186. The van der Waals surface area contributed by atoms with E-state index in [2.05, 4.69) is 10.3 Å². The molecule has 96 valence electrons. The van der Waals surface area contributed by atoms with E-state index >= 15 is 0 Å². The Morgan fingerprint density at radius 3 is 3.00 bits per heavy atom. The van der Waals surface area contributed by atoms with Gasteiger partial charge in [-0.2, -0.15) is 0 Å². The van der Waals surface area contributed by atoms with E-state index in [1.165, 1.54) is 5.56 Å². The van der Waals surface area contributed by atoms with Crippen molar-refractivity contribution in [3.05, 3.63) is 52.7 Å². The zero-order chi connectivity index (χ0) is 12.8. The van der Waals surface area contributed by atoms with E-state index in [9.17, 15) is 4.79 Å². The highest BCUT2D eigenvalue weighted by Gasteiger charge is 1.99. The summed E-state index contributed by atoms with van der Waals surface area (Å²) in [5.41, 5.74) is 2.08. The third-order valence-corrected chi connectivity index (χ3v) is 2.68. The molecular weight excluding hydrogens is 230 g/mol. The van der Waals surface area contributed by atoms with Crippen molar-refractivity contribution in [3.63, 3.8) is 0 Å². The molecule has 18 heavy (non-hydrogen) atoms. The van der Waals surface area contributed by atoms with Gasteiger partial charge in [0.2, 0.25) is 0 Å². The zero-order valence-corrected chi connectivity index (χ0v) is 10.3. The normalized spacial score (nSPS) is 10.5. The lowest BCUT2D eigenvalue weighted by atomic mass is 10.3. The van der Waals surface area contributed by atoms with E-state index in [0.717, 1.165) is 12.2 Å². The SMILES string of the molecule is COCCn1cc(NCc2cc[nH]c2)ccc1=O. The van der Waals surface area contributed by atoms with Gasteiger partial charge in [-0.1, -0.05) is 0 Å². The third-order valence-electron chi connectivity index (χ3n) is 2.68. The second-order valence-corrected chi connectivity index (χ2v) is 4.02. The maximum Gasteiger partial charge on any atom is 0.250 e. The molecule has 0 saturated carbocycles. The molecule has 0 amide bonds. The molecule has 2 N–H and O–H groups in total. The van der Waals surface area contributed by atoms with Gasteiger partial charge in [-0.3, -0.25) is 4.79 Å². The molecule has 0 unspecified atom stereocenters. The van der Waals surface area contributed by atoms with E-state index in [0.29, 0.717) is 13.2 Å². The number of nitrogens with one attached hydrogen (secondary N) is 2. The van der Waals surface area contributed by atoms with Gasteiger partial charge in [0.15, 0.2) is 0 Å².